The van der Waals surface area contributed by atoms with E-state index in [2.05, 4.69) is 12.3 Å². The molecule has 0 aromatic heterocycles. The van der Waals surface area contributed by atoms with E-state index in [-0.39, 0.29) is 16.2 Å². The zero-order chi connectivity index (χ0) is 15.6. The van der Waals surface area contributed by atoms with Crippen molar-refractivity contribution in [3.8, 4) is 0 Å². The Labute approximate surface area is 119 Å². The van der Waals surface area contributed by atoms with Crippen LogP contribution in [0.4, 0.5) is 0 Å². The van der Waals surface area contributed by atoms with E-state index in [0.29, 0.717) is 5.92 Å². The van der Waals surface area contributed by atoms with Crippen molar-refractivity contribution >= 4 is 15.9 Å². The molecule has 1 aliphatic carbocycles. The monoisotopic (exact) mass is 297 g/mol. The summed E-state index contributed by atoms with van der Waals surface area (Å²) in [7, 11) is -4.27. The molecule has 6 heteroatoms. The molecular weight excluding hydrogens is 278 g/mol. The average Bonchev–Trinajstić information content (AvgIpc) is 3.02. The zero-order valence-electron chi connectivity index (χ0n) is 11.6. The molecule has 0 saturated heterocycles. The molecule has 0 aliphatic heterocycles. The quantitative estimate of drug-likeness (QED) is 0.654. The van der Waals surface area contributed by atoms with Crippen LogP contribution in [0.3, 0.4) is 0 Å². The minimum atomic E-state index is -4.27. The van der Waals surface area contributed by atoms with Crippen molar-refractivity contribution in [2.75, 3.05) is 0 Å². The van der Waals surface area contributed by atoms with E-state index < -0.39 is 10.1 Å². The van der Waals surface area contributed by atoms with Crippen LogP contribution in [0.2, 0.25) is 0 Å². The molecule has 1 aromatic rings. The fourth-order valence-corrected chi connectivity index (χ4v) is 2.22. The number of carbonyl (C=O) groups excluding carboxylic acids is 1. The molecule has 0 radical (unpaired) electrons. The summed E-state index contributed by atoms with van der Waals surface area (Å²) in [6, 6.07) is 5.78. The number of hydrogen-bond acceptors (Lipinski definition) is 4. The fourth-order valence-electron chi connectivity index (χ4n) is 1.75. The summed E-state index contributed by atoms with van der Waals surface area (Å²) >= 11 is 0. The van der Waals surface area contributed by atoms with Gasteiger partial charge in [0.2, 0.25) is 0 Å². The Balaban J connectivity index is 0.000000204. The number of Topliss-reactive ketones (excluding diaryl/α,β-unsaturated/α-hetero) is 1. The second kappa shape index (κ2) is 5.87. The van der Waals surface area contributed by atoms with Gasteiger partial charge in [-0.05, 0) is 19.1 Å². The highest BCUT2D eigenvalue weighted by atomic mass is 32.2. The third-order valence-electron chi connectivity index (χ3n) is 3.43. The van der Waals surface area contributed by atoms with Crippen LogP contribution in [0.1, 0.15) is 18.9 Å². The minimum Gasteiger partial charge on any atom is -0.744 e. The predicted molar refractivity (Wildman–Crippen MR) is 73.7 cm³/mol. The molecule has 20 heavy (non-hydrogen) atoms. The van der Waals surface area contributed by atoms with Gasteiger partial charge in [0.05, 0.1) is 4.90 Å². The second-order valence-corrected chi connectivity index (χ2v) is 6.41. The molecule has 110 valence electrons. The third-order valence-corrected chi connectivity index (χ3v) is 4.28. The van der Waals surface area contributed by atoms with Gasteiger partial charge < -0.3 is 10.3 Å². The summed E-state index contributed by atoms with van der Waals surface area (Å²) in [5.74, 6) is 0.530. The van der Waals surface area contributed by atoms with Crippen molar-refractivity contribution in [2.45, 2.75) is 30.7 Å². The molecule has 0 spiro atoms. The maximum absolute atomic E-state index is 10.8. The van der Waals surface area contributed by atoms with Crippen LogP contribution >= 0.6 is 0 Å². The number of benzene rings is 1. The lowest BCUT2D eigenvalue weighted by Gasteiger charge is -2.05. The van der Waals surface area contributed by atoms with Gasteiger partial charge in [0.1, 0.15) is 10.1 Å². The molecule has 0 heterocycles. The number of quaternary nitrogens is 1. The summed E-state index contributed by atoms with van der Waals surface area (Å²) in [4.78, 5) is 10.6. The highest BCUT2D eigenvalue weighted by Gasteiger charge is 2.57. The largest absolute Gasteiger partial charge is 0.744 e. The highest BCUT2D eigenvalue weighted by molar-refractivity contribution is 7.85. The Hall–Kier alpha value is -1.50. The molecule has 0 amide bonds. The van der Waals surface area contributed by atoms with Gasteiger partial charge in [-0.1, -0.05) is 23.8 Å². The first-order valence-corrected chi connectivity index (χ1v) is 7.53. The van der Waals surface area contributed by atoms with Crippen molar-refractivity contribution in [3.05, 3.63) is 42.5 Å². The standard InChI is InChI=1S/C7H11NO.C7H8O3S/c1-3-6-4-7(6,8)5(2)9;1-6-2-4-7(5-3-6)11(8,9)10/h3,6H,1,4,8H2,2H3;2-5H,1H3,(H,8,9,10)/t6-,7+;/m1./s1. The molecule has 1 aromatic carbocycles. The van der Waals surface area contributed by atoms with Gasteiger partial charge in [-0.2, -0.15) is 0 Å². The summed E-state index contributed by atoms with van der Waals surface area (Å²) in [6.07, 6.45) is 2.71. The molecular formula is C14H19NO4S. The van der Waals surface area contributed by atoms with E-state index in [1.807, 2.05) is 13.0 Å². The first-order chi connectivity index (χ1) is 9.11. The van der Waals surface area contributed by atoms with E-state index in [9.17, 15) is 17.8 Å². The lowest BCUT2D eigenvalue weighted by molar-refractivity contribution is -0.423. The average molecular weight is 297 g/mol. The number of ketones is 1. The Bertz CT molecular complexity index is 607. The van der Waals surface area contributed by atoms with Crippen molar-refractivity contribution in [2.24, 2.45) is 5.92 Å². The van der Waals surface area contributed by atoms with Gasteiger partial charge in [0.25, 0.3) is 0 Å². The smallest absolute Gasteiger partial charge is 0.190 e. The van der Waals surface area contributed by atoms with Crippen molar-refractivity contribution in [1.82, 2.24) is 0 Å². The van der Waals surface area contributed by atoms with Gasteiger partial charge in [-0.15, -0.1) is 6.58 Å². The number of carbonyl (C=O) groups is 1. The van der Waals surface area contributed by atoms with Crippen LogP contribution in [0.25, 0.3) is 0 Å². The molecule has 3 N–H and O–H groups in total. The SMILES string of the molecule is C=C[C@@H]1C[C@]1([NH3+])C(C)=O.Cc1ccc(S(=O)(=O)[O-])cc1. The Morgan fingerprint density at radius 2 is 1.95 bits per heavy atom. The summed E-state index contributed by atoms with van der Waals surface area (Å²) < 4.78 is 31.2. The summed E-state index contributed by atoms with van der Waals surface area (Å²) in [6.45, 7) is 7.02. The maximum Gasteiger partial charge on any atom is 0.190 e. The van der Waals surface area contributed by atoms with Crippen LogP contribution in [0.5, 0.6) is 0 Å². The highest BCUT2D eigenvalue weighted by Crippen LogP contribution is 2.40. The number of hydrogen-bond donors (Lipinski definition) is 1. The molecule has 1 fully saturated rings. The molecule has 0 unspecified atom stereocenters. The van der Waals surface area contributed by atoms with Crippen LogP contribution in [0.15, 0.2) is 41.8 Å². The van der Waals surface area contributed by atoms with Crippen molar-refractivity contribution in [1.29, 1.82) is 0 Å². The van der Waals surface area contributed by atoms with Crippen LogP contribution in [-0.4, -0.2) is 24.3 Å². The van der Waals surface area contributed by atoms with Crippen LogP contribution < -0.4 is 5.73 Å². The molecule has 1 aliphatic rings. The zero-order valence-corrected chi connectivity index (χ0v) is 12.4. The second-order valence-electron chi connectivity index (χ2n) is 5.03. The Kier molecular flexibility index (Phi) is 4.86. The summed E-state index contributed by atoms with van der Waals surface area (Å²) in [5.41, 5.74) is 4.45. The first kappa shape index (κ1) is 16.6. The first-order valence-electron chi connectivity index (χ1n) is 6.13. The Morgan fingerprint density at radius 1 is 1.45 bits per heavy atom. The fraction of sp³-hybridized carbons (Fsp3) is 0.357. The summed E-state index contributed by atoms with van der Waals surface area (Å²) in [5, 5.41) is 0. The normalized spacial score (nSPS) is 24.3. The lowest BCUT2D eigenvalue weighted by Crippen LogP contribution is -2.68. The van der Waals surface area contributed by atoms with E-state index in [0.717, 1.165) is 12.0 Å². The minimum absolute atomic E-state index is 0.178. The van der Waals surface area contributed by atoms with Gasteiger partial charge in [-0.3, -0.25) is 4.79 Å². The van der Waals surface area contributed by atoms with Gasteiger partial charge in [0.15, 0.2) is 11.3 Å². The van der Waals surface area contributed by atoms with Crippen molar-refractivity contribution < 1.29 is 23.5 Å². The molecule has 5 nitrogen and oxygen atoms in total. The lowest BCUT2D eigenvalue weighted by atomic mass is 10.1. The number of aryl methyl sites for hydroxylation is 1. The topological polar surface area (TPSA) is 102 Å². The van der Waals surface area contributed by atoms with Crippen LogP contribution in [0, 0.1) is 12.8 Å². The van der Waals surface area contributed by atoms with E-state index in [4.69, 9.17) is 0 Å². The van der Waals surface area contributed by atoms with E-state index in [1.54, 1.807) is 19.1 Å². The molecule has 2 atom stereocenters. The van der Waals surface area contributed by atoms with Crippen LogP contribution in [-0.2, 0) is 14.9 Å². The van der Waals surface area contributed by atoms with Crippen molar-refractivity contribution in [3.63, 3.8) is 0 Å². The van der Waals surface area contributed by atoms with Gasteiger partial charge in [0, 0.05) is 19.3 Å². The maximum atomic E-state index is 10.8. The molecule has 2 rings (SSSR count). The predicted octanol–water partition coefficient (Wildman–Crippen LogP) is 0.661. The van der Waals surface area contributed by atoms with Gasteiger partial charge in [-0.25, -0.2) is 8.42 Å². The molecule has 1 saturated carbocycles. The number of rotatable bonds is 3. The Morgan fingerprint density at radius 3 is 2.20 bits per heavy atom. The van der Waals surface area contributed by atoms with E-state index >= 15 is 0 Å². The van der Waals surface area contributed by atoms with Gasteiger partial charge >= 0.3 is 0 Å². The van der Waals surface area contributed by atoms with E-state index in [1.165, 1.54) is 12.1 Å². The third kappa shape index (κ3) is 4.00. The molecule has 0 bridgehead atoms.